The molecule has 0 aromatic heterocycles. The molecule has 1 saturated carbocycles. The zero-order valence-electron chi connectivity index (χ0n) is 10.1. The van der Waals surface area contributed by atoms with Gasteiger partial charge in [0.1, 0.15) is 6.04 Å². The van der Waals surface area contributed by atoms with Crippen molar-refractivity contribution in [3.8, 4) is 0 Å². The molecule has 0 radical (unpaired) electrons. The standard InChI is InChI=1S/C13H17NO2S/c1-16-13(15)12(14-10-5-6-10)9-3-7-11(17-2)8-4-9/h3-4,7-8,10,12,14H,5-6H2,1-2H3. The highest BCUT2D eigenvalue weighted by Gasteiger charge is 2.29. The molecule has 1 unspecified atom stereocenters. The Morgan fingerprint density at radius 2 is 2.06 bits per heavy atom. The first kappa shape index (κ1) is 12.5. The van der Waals surface area contributed by atoms with Gasteiger partial charge in [0.05, 0.1) is 7.11 Å². The van der Waals surface area contributed by atoms with E-state index in [0.29, 0.717) is 6.04 Å². The van der Waals surface area contributed by atoms with Gasteiger partial charge in [-0.05, 0) is 36.8 Å². The van der Waals surface area contributed by atoms with Crippen LogP contribution in [0, 0.1) is 0 Å². The van der Waals surface area contributed by atoms with Gasteiger partial charge in [-0.15, -0.1) is 11.8 Å². The van der Waals surface area contributed by atoms with Crippen LogP contribution in [0.4, 0.5) is 0 Å². The van der Waals surface area contributed by atoms with Crippen molar-refractivity contribution >= 4 is 17.7 Å². The molecule has 0 saturated heterocycles. The fourth-order valence-electron chi connectivity index (χ4n) is 1.70. The minimum Gasteiger partial charge on any atom is -0.468 e. The van der Waals surface area contributed by atoms with E-state index in [-0.39, 0.29) is 12.0 Å². The molecule has 1 N–H and O–H groups in total. The van der Waals surface area contributed by atoms with Crippen LogP contribution >= 0.6 is 11.8 Å². The molecule has 92 valence electrons. The van der Waals surface area contributed by atoms with Crippen molar-refractivity contribution in [2.45, 2.75) is 29.8 Å². The topological polar surface area (TPSA) is 38.3 Å². The maximum Gasteiger partial charge on any atom is 0.327 e. The summed E-state index contributed by atoms with van der Waals surface area (Å²) >= 11 is 1.69. The van der Waals surface area contributed by atoms with Crippen LogP contribution in [0.15, 0.2) is 29.2 Å². The number of hydrogen-bond donors (Lipinski definition) is 1. The van der Waals surface area contributed by atoms with Crippen LogP contribution in [0.2, 0.25) is 0 Å². The second-order valence-corrected chi connectivity index (χ2v) is 5.05. The molecule has 0 amide bonds. The first-order valence-corrected chi connectivity index (χ1v) is 6.95. The van der Waals surface area contributed by atoms with Gasteiger partial charge in [0, 0.05) is 10.9 Å². The van der Waals surface area contributed by atoms with Gasteiger partial charge in [-0.2, -0.15) is 0 Å². The Labute approximate surface area is 106 Å². The Hall–Kier alpha value is -1.00. The van der Waals surface area contributed by atoms with Crippen molar-refractivity contribution in [2.24, 2.45) is 0 Å². The Morgan fingerprint density at radius 3 is 2.53 bits per heavy atom. The van der Waals surface area contributed by atoms with Crippen LogP contribution in [0.3, 0.4) is 0 Å². The van der Waals surface area contributed by atoms with Crippen LogP contribution in [0.5, 0.6) is 0 Å². The molecule has 1 atom stereocenters. The van der Waals surface area contributed by atoms with Crippen LogP contribution in [0.1, 0.15) is 24.4 Å². The molecular weight excluding hydrogens is 234 g/mol. The third-order valence-corrected chi connectivity index (χ3v) is 3.61. The van der Waals surface area contributed by atoms with Gasteiger partial charge in [0.25, 0.3) is 0 Å². The number of methoxy groups -OCH3 is 1. The Balaban J connectivity index is 2.14. The average Bonchev–Trinajstić information content (AvgIpc) is 3.19. The van der Waals surface area contributed by atoms with Gasteiger partial charge in [0.15, 0.2) is 0 Å². The molecule has 1 aliphatic rings. The molecular formula is C13H17NO2S. The van der Waals surface area contributed by atoms with Gasteiger partial charge in [-0.25, -0.2) is 4.79 Å². The number of benzene rings is 1. The summed E-state index contributed by atoms with van der Waals surface area (Å²) in [6.07, 6.45) is 4.34. The minimum atomic E-state index is -0.330. The molecule has 2 rings (SSSR count). The van der Waals surface area contributed by atoms with Crippen molar-refractivity contribution < 1.29 is 9.53 Å². The molecule has 17 heavy (non-hydrogen) atoms. The highest BCUT2D eigenvalue weighted by Crippen LogP contribution is 2.26. The molecule has 4 heteroatoms. The van der Waals surface area contributed by atoms with E-state index in [1.807, 2.05) is 30.5 Å². The van der Waals surface area contributed by atoms with E-state index in [9.17, 15) is 4.79 Å². The largest absolute Gasteiger partial charge is 0.468 e. The van der Waals surface area contributed by atoms with E-state index in [0.717, 1.165) is 18.4 Å². The summed E-state index contributed by atoms with van der Waals surface area (Å²) in [5.74, 6) is -0.214. The van der Waals surface area contributed by atoms with Gasteiger partial charge in [-0.1, -0.05) is 12.1 Å². The van der Waals surface area contributed by atoms with Crippen molar-refractivity contribution in [1.29, 1.82) is 0 Å². The van der Waals surface area contributed by atoms with Crippen molar-refractivity contribution in [3.63, 3.8) is 0 Å². The molecule has 0 aliphatic heterocycles. The maximum absolute atomic E-state index is 11.7. The molecule has 0 bridgehead atoms. The summed E-state index contributed by atoms with van der Waals surface area (Å²) < 4.78 is 4.85. The Bertz CT molecular complexity index is 387. The smallest absolute Gasteiger partial charge is 0.327 e. The van der Waals surface area contributed by atoms with E-state index < -0.39 is 0 Å². The van der Waals surface area contributed by atoms with Gasteiger partial charge < -0.3 is 4.74 Å². The zero-order valence-corrected chi connectivity index (χ0v) is 10.9. The predicted octanol–water partition coefficient (Wildman–Crippen LogP) is 2.37. The molecule has 1 aromatic carbocycles. The fraction of sp³-hybridized carbons (Fsp3) is 0.462. The number of rotatable bonds is 5. The lowest BCUT2D eigenvalue weighted by atomic mass is 10.1. The van der Waals surface area contributed by atoms with Crippen LogP contribution in [-0.4, -0.2) is 25.4 Å². The molecule has 0 spiro atoms. The molecule has 1 fully saturated rings. The Kier molecular flexibility index (Phi) is 4.07. The third kappa shape index (κ3) is 3.23. The fourth-order valence-corrected chi connectivity index (χ4v) is 2.11. The lowest BCUT2D eigenvalue weighted by Gasteiger charge is -2.16. The van der Waals surface area contributed by atoms with E-state index in [2.05, 4.69) is 5.32 Å². The number of esters is 1. The average molecular weight is 251 g/mol. The zero-order chi connectivity index (χ0) is 12.3. The first-order chi connectivity index (χ1) is 8.24. The maximum atomic E-state index is 11.7. The molecule has 1 aliphatic carbocycles. The number of carbonyl (C=O) groups excluding carboxylic acids is 1. The second-order valence-electron chi connectivity index (χ2n) is 4.17. The van der Waals surface area contributed by atoms with Crippen LogP contribution in [-0.2, 0) is 9.53 Å². The highest BCUT2D eigenvalue weighted by molar-refractivity contribution is 7.98. The normalized spacial score (nSPS) is 16.6. The van der Waals surface area contributed by atoms with E-state index in [1.165, 1.54) is 12.0 Å². The predicted molar refractivity (Wildman–Crippen MR) is 69.1 cm³/mol. The lowest BCUT2D eigenvalue weighted by Crippen LogP contribution is -2.31. The summed E-state index contributed by atoms with van der Waals surface area (Å²) in [7, 11) is 1.43. The number of nitrogens with one attached hydrogen (secondary N) is 1. The summed E-state index contributed by atoms with van der Waals surface area (Å²) in [4.78, 5) is 12.9. The number of ether oxygens (including phenoxy) is 1. The summed E-state index contributed by atoms with van der Waals surface area (Å²) in [5.41, 5.74) is 0.974. The van der Waals surface area contributed by atoms with Crippen molar-refractivity contribution in [3.05, 3.63) is 29.8 Å². The number of hydrogen-bond acceptors (Lipinski definition) is 4. The van der Waals surface area contributed by atoms with Crippen LogP contribution < -0.4 is 5.32 Å². The second kappa shape index (κ2) is 5.56. The van der Waals surface area contributed by atoms with Gasteiger partial charge in [0.2, 0.25) is 0 Å². The number of carbonyl (C=O) groups is 1. The van der Waals surface area contributed by atoms with Gasteiger partial charge in [-0.3, -0.25) is 5.32 Å². The monoisotopic (exact) mass is 251 g/mol. The van der Waals surface area contributed by atoms with Crippen molar-refractivity contribution in [2.75, 3.05) is 13.4 Å². The third-order valence-electron chi connectivity index (χ3n) is 2.87. The summed E-state index contributed by atoms with van der Waals surface area (Å²) in [6, 6.07) is 8.18. The highest BCUT2D eigenvalue weighted by atomic mass is 32.2. The molecule has 0 heterocycles. The summed E-state index contributed by atoms with van der Waals surface area (Å²) in [5, 5.41) is 3.31. The lowest BCUT2D eigenvalue weighted by molar-refractivity contribution is -0.143. The minimum absolute atomic E-state index is 0.214. The quantitative estimate of drug-likeness (QED) is 0.644. The van der Waals surface area contributed by atoms with Crippen molar-refractivity contribution in [1.82, 2.24) is 5.32 Å². The molecule has 1 aromatic rings. The van der Waals surface area contributed by atoms with E-state index >= 15 is 0 Å². The molecule has 3 nitrogen and oxygen atoms in total. The van der Waals surface area contributed by atoms with Gasteiger partial charge >= 0.3 is 5.97 Å². The first-order valence-electron chi connectivity index (χ1n) is 5.72. The summed E-state index contributed by atoms with van der Waals surface area (Å²) in [6.45, 7) is 0. The van der Waals surface area contributed by atoms with E-state index in [4.69, 9.17) is 4.74 Å². The van der Waals surface area contributed by atoms with Crippen LogP contribution in [0.25, 0.3) is 0 Å². The van der Waals surface area contributed by atoms with E-state index in [1.54, 1.807) is 11.8 Å². The number of thioether (sulfide) groups is 1. The Morgan fingerprint density at radius 1 is 1.41 bits per heavy atom. The SMILES string of the molecule is COC(=O)C(NC1CC1)c1ccc(SC)cc1.